The van der Waals surface area contributed by atoms with Gasteiger partial charge in [-0.1, -0.05) is 0 Å². The van der Waals surface area contributed by atoms with E-state index in [1.807, 2.05) is 6.07 Å². The van der Waals surface area contributed by atoms with Crippen LogP contribution in [0.25, 0.3) is 0 Å². The molecule has 1 aromatic carbocycles. The summed E-state index contributed by atoms with van der Waals surface area (Å²) >= 11 is 0. The molecule has 1 aliphatic heterocycles. The van der Waals surface area contributed by atoms with Crippen LogP contribution in [0.2, 0.25) is 0 Å². The van der Waals surface area contributed by atoms with Crippen molar-refractivity contribution < 1.29 is 9.47 Å². The number of methoxy groups -OCH3 is 2. The Labute approximate surface area is 122 Å². The van der Waals surface area contributed by atoms with E-state index in [4.69, 9.17) is 9.47 Å². The molecular formula is C16H26N2O2. The topological polar surface area (TPSA) is 33.7 Å². The molecule has 1 heterocycles. The second kappa shape index (κ2) is 7.50. The van der Waals surface area contributed by atoms with E-state index in [9.17, 15) is 0 Å². The number of benzene rings is 1. The molecule has 1 fully saturated rings. The van der Waals surface area contributed by atoms with Gasteiger partial charge in [-0.25, -0.2) is 0 Å². The molecular weight excluding hydrogens is 252 g/mol. The molecule has 20 heavy (non-hydrogen) atoms. The largest absolute Gasteiger partial charge is 0.497 e. The minimum Gasteiger partial charge on any atom is -0.497 e. The van der Waals surface area contributed by atoms with Gasteiger partial charge in [0.05, 0.1) is 14.2 Å². The highest BCUT2D eigenvalue weighted by molar-refractivity contribution is 5.38. The van der Waals surface area contributed by atoms with Crippen LogP contribution >= 0.6 is 0 Å². The lowest BCUT2D eigenvalue weighted by Gasteiger charge is -2.27. The van der Waals surface area contributed by atoms with Gasteiger partial charge in [0.1, 0.15) is 11.5 Å². The summed E-state index contributed by atoms with van der Waals surface area (Å²) in [6, 6.07) is 6.07. The first-order valence-corrected chi connectivity index (χ1v) is 7.32. The van der Waals surface area contributed by atoms with E-state index in [1.54, 1.807) is 14.2 Å². The van der Waals surface area contributed by atoms with E-state index in [0.717, 1.165) is 37.1 Å². The van der Waals surface area contributed by atoms with Crippen molar-refractivity contribution in [2.24, 2.45) is 5.92 Å². The summed E-state index contributed by atoms with van der Waals surface area (Å²) in [7, 11) is 5.56. The normalized spacial score (nSPS) is 19.1. The lowest BCUT2D eigenvalue weighted by Crippen LogP contribution is -2.36. The van der Waals surface area contributed by atoms with Gasteiger partial charge in [0.2, 0.25) is 0 Å². The standard InChI is InChI=1S/C16H26N2O2/c1-18(11-13-5-4-6-17-10-13)12-14-7-15(19-2)9-16(8-14)20-3/h7-9,13,17H,4-6,10-12H2,1-3H3. The molecule has 1 unspecified atom stereocenters. The fourth-order valence-corrected chi connectivity index (χ4v) is 2.85. The zero-order valence-electron chi connectivity index (χ0n) is 12.8. The average molecular weight is 278 g/mol. The molecule has 0 aromatic heterocycles. The lowest BCUT2D eigenvalue weighted by atomic mass is 9.99. The maximum atomic E-state index is 5.32. The van der Waals surface area contributed by atoms with E-state index in [-0.39, 0.29) is 0 Å². The van der Waals surface area contributed by atoms with Crippen molar-refractivity contribution in [1.82, 2.24) is 10.2 Å². The van der Waals surface area contributed by atoms with E-state index in [0.29, 0.717) is 0 Å². The quantitative estimate of drug-likeness (QED) is 0.864. The second-order valence-corrected chi connectivity index (χ2v) is 5.63. The molecule has 1 aromatic rings. The molecule has 1 saturated heterocycles. The minimum atomic E-state index is 0.765. The van der Waals surface area contributed by atoms with Crippen molar-refractivity contribution in [2.75, 3.05) is 40.9 Å². The second-order valence-electron chi connectivity index (χ2n) is 5.63. The molecule has 4 heteroatoms. The van der Waals surface area contributed by atoms with Crippen LogP contribution in [-0.4, -0.2) is 45.8 Å². The average Bonchev–Trinajstić information content (AvgIpc) is 2.47. The Hall–Kier alpha value is -1.26. The summed E-state index contributed by atoms with van der Waals surface area (Å²) in [6.07, 6.45) is 2.63. The fourth-order valence-electron chi connectivity index (χ4n) is 2.85. The van der Waals surface area contributed by atoms with E-state index < -0.39 is 0 Å². The van der Waals surface area contributed by atoms with Gasteiger partial charge in [-0.3, -0.25) is 0 Å². The Morgan fingerprint density at radius 3 is 2.45 bits per heavy atom. The lowest BCUT2D eigenvalue weighted by molar-refractivity contribution is 0.237. The third-order valence-corrected chi connectivity index (χ3v) is 3.83. The van der Waals surface area contributed by atoms with E-state index in [1.165, 1.54) is 24.9 Å². The first kappa shape index (κ1) is 15.1. The first-order chi connectivity index (χ1) is 9.71. The zero-order valence-corrected chi connectivity index (χ0v) is 12.8. The predicted molar refractivity (Wildman–Crippen MR) is 81.5 cm³/mol. The Kier molecular flexibility index (Phi) is 5.68. The highest BCUT2D eigenvalue weighted by atomic mass is 16.5. The van der Waals surface area contributed by atoms with Crippen LogP contribution in [-0.2, 0) is 6.54 Å². The van der Waals surface area contributed by atoms with E-state index in [2.05, 4.69) is 29.4 Å². The number of nitrogens with one attached hydrogen (secondary N) is 1. The predicted octanol–water partition coefficient (Wildman–Crippen LogP) is 2.14. The number of piperidine rings is 1. The molecule has 112 valence electrons. The third kappa shape index (κ3) is 4.39. The van der Waals surface area contributed by atoms with Crippen molar-refractivity contribution in [3.8, 4) is 11.5 Å². The van der Waals surface area contributed by atoms with Crippen molar-refractivity contribution in [3.63, 3.8) is 0 Å². The van der Waals surface area contributed by atoms with Crippen LogP contribution in [0.3, 0.4) is 0 Å². The van der Waals surface area contributed by atoms with Crippen LogP contribution in [0, 0.1) is 5.92 Å². The summed E-state index contributed by atoms with van der Waals surface area (Å²) in [5.74, 6) is 2.47. The zero-order chi connectivity index (χ0) is 14.4. The van der Waals surface area contributed by atoms with E-state index >= 15 is 0 Å². The summed E-state index contributed by atoms with van der Waals surface area (Å²) in [4.78, 5) is 2.38. The SMILES string of the molecule is COc1cc(CN(C)CC2CCCNC2)cc(OC)c1. The van der Waals surface area contributed by atoms with Crippen LogP contribution in [0.15, 0.2) is 18.2 Å². The van der Waals surface area contributed by atoms with Gasteiger partial charge < -0.3 is 19.7 Å². The summed E-state index contributed by atoms with van der Waals surface area (Å²) in [5.41, 5.74) is 1.23. The smallest absolute Gasteiger partial charge is 0.122 e. The van der Waals surface area contributed by atoms with Crippen LogP contribution in [0.1, 0.15) is 18.4 Å². The number of hydrogen-bond acceptors (Lipinski definition) is 4. The van der Waals surface area contributed by atoms with Crippen molar-refractivity contribution in [1.29, 1.82) is 0 Å². The molecule has 1 atom stereocenters. The maximum Gasteiger partial charge on any atom is 0.122 e. The minimum absolute atomic E-state index is 0.765. The Bertz CT molecular complexity index is 395. The van der Waals surface area contributed by atoms with Crippen molar-refractivity contribution in [3.05, 3.63) is 23.8 Å². The van der Waals surface area contributed by atoms with Gasteiger partial charge in [0.15, 0.2) is 0 Å². The Morgan fingerprint density at radius 1 is 1.20 bits per heavy atom. The summed E-state index contributed by atoms with van der Waals surface area (Å²) in [6.45, 7) is 4.37. The first-order valence-electron chi connectivity index (χ1n) is 7.32. The molecule has 4 nitrogen and oxygen atoms in total. The molecule has 2 rings (SSSR count). The molecule has 1 aliphatic rings. The van der Waals surface area contributed by atoms with Gasteiger partial charge in [-0.15, -0.1) is 0 Å². The monoisotopic (exact) mass is 278 g/mol. The van der Waals surface area contributed by atoms with Crippen LogP contribution < -0.4 is 14.8 Å². The third-order valence-electron chi connectivity index (χ3n) is 3.83. The summed E-state index contributed by atoms with van der Waals surface area (Å²) in [5, 5.41) is 3.47. The van der Waals surface area contributed by atoms with Gasteiger partial charge >= 0.3 is 0 Å². The van der Waals surface area contributed by atoms with Crippen molar-refractivity contribution in [2.45, 2.75) is 19.4 Å². The molecule has 1 N–H and O–H groups in total. The van der Waals surface area contributed by atoms with Gasteiger partial charge in [0.25, 0.3) is 0 Å². The Balaban J connectivity index is 1.93. The van der Waals surface area contributed by atoms with Crippen LogP contribution in [0.5, 0.6) is 11.5 Å². The number of nitrogens with zero attached hydrogens (tertiary/aromatic N) is 1. The molecule has 0 amide bonds. The van der Waals surface area contributed by atoms with Crippen molar-refractivity contribution >= 4 is 0 Å². The summed E-state index contributed by atoms with van der Waals surface area (Å²) < 4.78 is 10.6. The molecule has 0 bridgehead atoms. The molecule has 0 radical (unpaired) electrons. The molecule has 0 saturated carbocycles. The van der Waals surface area contributed by atoms with Gasteiger partial charge in [-0.05, 0) is 56.6 Å². The molecule has 0 spiro atoms. The van der Waals surface area contributed by atoms with Gasteiger partial charge in [0, 0.05) is 19.2 Å². The van der Waals surface area contributed by atoms with Crippen LogP contribution in [0.4, 0.5) is 0 Å². The highest BCUT2D eigenvalue weighted by Crippen LogP contribution is 2.23. The number of rotatable bonds is 6. The number of ether oxygens (including phenoxy) is 2. The Morgan fingerprint density at radius 2 is 1.90 bits per heavy atom. The van der Waals surface area contributed by atoms with Gasteiger partial charge in [-0.2, -0.15) is 0 Å². The highest BCUT2D eigenvalue weighted by Gasteiger charge is 2.15. The maximum absolute atomic E-state index is 5.32. The molecule has 0 aliphatic carbocycles. The number of hydrogen-bond donors (Lipinski definition) is 1. The fraction of sp³-hybridized carbons (Fsp3) is 0.625.